The van der Waals surface area contributed by atoms with E-state index in [2.05, 4.69) is 16.0 Å². The number of benzene rings is 1. The zero-order valence-corrected chi connectivity index (χ0v) is 7.66. The molecular weight excluding hydrogens is 176 g/mol. The van der Waals surface area contributed by atoms with Crippen LogP contribution in [-0.2, 0) is 6.42 Å². The number of rotatable bonds is 1. The lowest BCUT2D eigenvalue weighted by molar-refractivity contribution is 0.357. The van der Waals surface area contributed by atoms with Gasteiger partial charge in [-0.25, -0.2) is 4.98 Å². The van der Waals surface area contributed by atoms with Gasteiger partial charge < -0.3 is 9.72 Å². The fourth-order valence-electron chi connectivity index (χ4n) is 1.76. The minimum Gasteiger partial charge on any atom is -0.493 e. The first-order chi connectivity index (χ1) is 6.93. The molecule has 0 amide bonds. The summed E-state index contributed by atoms with van der Waals surface area (Å²) in [4.78, 5) is 7.31. The van der Waals surface area contributed by atoms with Gasteiger partial charge in [0.2, 0.25) is 0 Å². The van der Waals surface area contributed by atoms with E-state index in [9.17, 15) is 0 Å². The van der Waals surface area contributed by atoms with Crippen LogP contribution >= 0.6 is 0 Å². The summed E-state index contributed by atoms with van der Waals surface area (Å²) in [6.45, 7) is 0.803. The van der Waals surface area contributed by atoms with Gasteiger partial charge in [0.1, 0.15) is 11.6 Å². The molecule has 0 fully saturated rings. The molecule has 1 aliphatic heterocycles. The van der Waals surface area contributed by atoms with Crippen LogP contribution in [0.2, 0.25) is 0 Å². The molecule has 0 spiro atoms. The van der Waals surface area contributed by atoms with Gasteiger partial charge in [-0.2, -0.15) is 0 Å². The van der Waals surface area contributed by atoms with Crippen molar-refractivity contribution >= 4 is 0 Å². The maximum Gasteiger partial charge on any atom is 0.137 e. The molecule has 1 aromatic heterocycles. The van der Waals surface area contributed by atoms with E-state index in [1.165, 1.54) is 5.56 Å². The highest BCUT2D eigenvalue weighted by molar-refractivity contribution is 5.59. The summed E-state index contributed by atoms with van der Waals surface area (Å²) in [5, 5.41) is 0. The van der Waals surface area contributed by atoms with Crippen molar-refractivity contribution in [1.29, 1.82) is 0 Å². The molecule has 1 aromatic carbocycles. The molecule has 2 aromatic rings. The summed E-state index contributed by atoms with van der Waals surface area (Å²) in [5.74, 6) is 1.93. The molecule has 14 heavy (non-hydrogen) atoms. The van der Waals surface area contributed by atoms with Gasteiger partial charge in [-0.15, -0.1) is 0 Å². The molecule has 0 saturated carbocycles. The molecule has 1 N–H and O–H groups in total. The molecule has 0 unspecified atom stereocenters. The van der Waals surface area contributed by atoms with Crippen molar-refractivity contribution in [1.82, 2.24) is 9.97 Å². The Morgan fingerprint density at radius 3 is 3.21 bits per heavy atom. The van der Waals surface area contributed by atoms with Crippen LogP contribution in [0.15, 0.2) is 30.6 Å². The second kappa shape index (κ2) is 2.87. The predicted octanol–water partition coefficient (Wildman–Crippen LogP) is 2.01. The van der Waals surface area contributed by atoms with Gasteiger partial charge in [-0.3, -0.25) is 0 Å². The quantitative estimate of drug-likeness (QED) is 0.739. The number of imidazole rings is 1. The van der Waals surface area contributed by atoms with Crippen molar-refractivity contribution < 1.29 is 4.74 Å². The molecule has 3 heteroatoms. The van der Waals surface area contributed by atoms with E-state index in [4.69, 9.17) is 4.74 Å². The van der Waals surface area contributed by atoms with Gasteiger partial charge >= 0.3 is 0 Å². The molecule has 1 aliphatic rings. The van der Waals surface area contributed by atoms with E-state index in [-0.39, 0.29) is 0 Å². The normalized spacial score (nSPS) is 13.7. The second-order valence-electron chi connectivity index (χ2n) is 3.36. The van der Waals surface area contributed by atoms with Gasteiger partial charge in [0.05, 0.1) is 6.61 Å². The molecule has 0 bridgehead atoms. The number of nitrogens with one attached hydrogen (secondary N) is 1. The van der Waals surface area contributed by atoms with Crippen LogP contribution < -0.4 is 4.74 Å². The van der Waals surface area contributed by atoms with Crippen LogP contribution in [0.5, 0.6) is 5.75 Å². The number of fused-ring (bicyclic) bond motifs is 1. The lowest BCUT2D eigenvalue weighted by Crippen LogP contribution is -1.85. The summed E-state index contributed by atoms with van der Waals surface area (Å²) in [5.41, 5.74) is 2.40. The fourth-order valence-corrected chi connectivity index (χ4v) is 1.76. The Balaban J connectivity index is 2.09. The Morgan fingerprint density at radius 2 is 2.36 bits per heavy atom. The first-order valence-corrected chi connectivity index (χ1v) is 4.69. The topological polar surface area (TPSA) is 37.9 Å². The molecule has 0 atom stereocenters. The maximum absolute atomic E-state index is 5.44. The zero-order valence-electron chi connectivity index (χ0n) is 7.66. The SMILES string of the molecule is c1c[nH]c(-c2ccc3c(c2)CCO3)n1. The second-order valence-corrected chi connectivity index (χ2v) is 3.36. The monoisotopic (exact) mass is 186 g/mol. The number of ether oxygens (including phenoxy) is 1. The van der Waals surface area contributed by atoms with Crippen molar-refractivity contribution in [2.45, 2.75) is 6.42 Å². The van der Waals surface area contributed by atoms with Gasteiger partial charge in [0, 0.05) is 24.4 Å². The Bertz CT molecular complexity index is 448. The van der Waals surface area contributed by atoms with Crippen LogP contribution in [-0.4, -0.2) is 16.6 Å². The van der Waals surface area contributed by atoms with Crippen molar-refractivity contribution in [3.63, 3.8) is 0 Å². The Kier molecular flexibility index (Phi) is 1.56. The van der Waals surface area contributed by atoms with Crippen molar-refractivity contribution in [3.05, 3.63) is 36.2 Å². The van der Waals surface area contributed by atoms with E-state index in [1.54, 1.807) is 6.20 Å². The largest absolute Gasteiger partial charge is 0.493 e. The third kappa shape index (κ3) is 1.09. The number of aromatic nitrogens is 2. The van der Waals surface area contributed by atoms with E-state index in [0.29, 0.717) is 0 Å². The number of hydrogen-bond donors (Lipinski definition) is 1. The van der Waals surface area contributed by atoms with E-state index in [0.717, 1.165) is 30.2 Å². The number of aromatic amines is 1. The number of hydrogen-bond acceptors (Lipinski definition) is 2. The minimum atomic E-state index is 0.803. The van der Waals surface area contributed by atoms with Gasteiger partial charge in [0.25, 0.3) is 0 Å². The van der Waals surface area contributed by atoms with Crippen LogP contribution in [0.4, 0.5) is 0 Å². The van der Waals surface area contributed by atoms with Crippen LogP contribution in [0.1, 0.15) is 5.56 Å². The molecule has 0 saturated heterocycles. The summed E-state index contributed by atoms with van der Waals surface area (Å²) >= 11 is 0. The van der Waals surface area contributed by atoms with Gasteiger partial charge in [-0.1, -0.05) is 0 Å². The van der Waals surface area contributed by atoms with E-state index < -0.39 is 0 Å². The highest BCUT2D eigenvalue weighted by Gasteiger charge is 2.12. The fraction of sp³-hybridized carbons (Fsp3) is 0.182. The molecule has 2 heterocycles. The summed E-state index contributed by atoms with van der Waals surface area (Å²) in [6.07, 6.45) is 4.60. The first-order valence-electron chi connectivity index (χ1n) is 4.69. The lowest BCUT2D eigenvalue weighted by Gasteiger charge is -2.00. The van der Waals surface area contributed by atoms with Crippen molar-refractivity contribution in [2.75, 3.05) is 6.61 Å². The molecule has 0 aliphatic carbocycles. The molecule has 3 rings (SSSR count). The van der Waals surface area contributed by atoms with E-state index >= 15 is 0 Å². The van der Waals surface area contributed by atoms with Gasteiger partial charge in [0.15, 0.2) is 0 Å². The lowest BCUT2D eigenvalue weighted by atomic mass is 10.1. The molecule has 70 valence electrons. The minimum absolute atomic E-state index is 0.803. The first kappa shape index (κ1) is 7.62. The zero-order chi connectivity index (χ0) is 9.38. The van der Waals surface area contributed by atoms with E-state index in [1.807, 2.05) is 18.3 Å². The van der Waals surface area contributed by atoms with Crippen LogP contribution in [0, 0.1) is 0 Å². The number of nitrogens with zero attached hydrogens (tertiary/aromatic N) is 1. The average molecular weight is 186 g/mol. The third-order valence-electron chi connectivity index (χ3n) is 2.46. The third-order valence-corrected chi connectivity index (χ3v) is 2.46. The molecular formula is C11H10N2O. The molecule has 3 nitrogen and oxygen atoms in total. The van der Waals surface area contributed by atoms with Crippen molar-refractivity contribution in [2.24, 2.45) is 0 Å². The molecule has 0 radical (unpaired) electrons. The van der Waals surface area contributed by atoms with Crippen molar-refractivity contribution in [3.8, 4) is 17.1 Å². The average Bonchev–Trinajstić information content (AvgIpc) is 2.88. The van der Waals surface area contributed by atoms with Crippen LogP contribution in [0.25, 0.3) is 11.4 Å². The highest BCUT2D eigenvalue weighted by atomic mass is 16.5. The summed E-state index contributed by atoms with van der Waals surface area (Å²) in [7, 11) is 0. The van der Waals surface area contributed by atoms with Gasteiger partial charge in [-0.05, 0) is 23.8 Å². The highest BCUT2D eigenvalue weighted by Crippen LogP contribution is 2.28. The van der Waals surface area contributed by atoms with Crippen LogP contribution in [0.3, 0.4) is 0 Å². The summed E-state index contributed by atoms with van der Waals surface area (Å²) < 4.78 is 5.44. The Morgan fingerprint density at radius 1 is 1.36 bits per heavy atom. The summed E-state index contributed by atoms with van der Waals surface area (Å²) in [6, 6.07) is 6.18. The standard InChI is InChI=1S/C11H10N2O/c1-2-10-8(3-6-14-10)7-9(1)11-12-4-5-13-11/h1-2,4-5,7H,3,6H2,(H,12,13). The predicted molar refractivity (Wildman–Crippen MR) is 53.2 cm³/mol. The Hall–Kier alpha value is -1.77. The Labute approximate surface area is 81.8 Å². The smallest absolute Gasteiger partial charge is 0.137 e. The number of H-pyrrole nitrogens is 1. The maximum atomic E-state index is 5.44.